The molecule has 1 atom stereocenters. The highest BCUT2D eigenvalue weighted by Gasteiger charge is 2.51. The van der Waals surface area contributed by atoms with Crippen LogP contribution >= 0.6 is 0 Å². The summed E-state index contributed by atoms with van der Waals surface area (Å²) in [5.41, 5.74) is 11.4. The van der Waals surface area contributed by atoms with E-state index in [-0.39, 0.29) is 17.5 Å². The number of hydrogen-bond donors (Lipinski definition) is 2. The number of nitrogens with zero attached hydrogens (tertiary/aromatic N) is 8. The van der Waals surface area contributed by atoms with E-state index >= 15 is 0 Å². The molecule has 0 bridgehead atoms. The van der Waals surface area contributed by atoms with E-state index in [1.54, 1.807) is 34.2 Å². The van der Waals surface area contributed by atoms with Crippen molar-refractivity contribution in [2.45, 2.75) is 26.2 Å². The first-order chi connectivity index (χ1) is 22.7. The van der Waals surface area contributed by atoms with Crippen molar-refractivity contribution in [2.24, 2.45) is 12.5 Å². The molecule has 0 radical (unpaired) electrons. The van der Waals surface area contributed by atoms with Gasteiger partial charge in [-0.25, -0.2) is 9.97 Å². The second kappa shape index (κ2) is 12.2. The molecule has 4 aromatic rings. The highest BCUT2D eigenvalue weighted by molar-refractivity contribution is 6.12. The van der Waals surface area contributed by atoms with Crippen LogP contribution in [0.1, 0.15) is 41.8 Å². The van der Waals surface area contributed by atoms with Crippen molar-refractivity contribution in [1.29, 1.82) is 5.41 Å². The minimum absolute atomic E-state index is 0.0228. The van der Waals surface area contributed by atoms with E-state index in [1.165, 1.54) is 5.57 Å². The number of carbonyl (C=O) groups excluding carboxylic acids is 2. The van der Waals surface area contributed by atoms with Crippen molar-refractivity contribution in [3.63, 3.8) is 0 Å². The van der Waals surface area contributed by atoms with Gasteiger partial charge in [-0.15, -0.1) is 0 Å². The van der Waals surface area contributed by atoms with E-state index in [4.69, 9.17) is 11.1 Å². The number of amides is 2. The van der Waals surface area contributed by atoms with Crippen molar-refractivity contribution in [1.82, 2.24) is 34.5 Å². The van der Waals surface area contributed by atoms with Gasteiger partial charge in [0.15, 0.2) is 5.82 Å². The highest BCUT2D eigenvalue weighted by atomic mass is 16.2. The second-order valence-corrected chi connectivity index (χ2v) is 12.8. The van der Waals surface area contributed by atoms with Crippen LogP contribution < -0.4 is 10.6 Å². The fourth-order valence-electron chi connectivity index (χ4n) is 6.83. The van der Waals surface area contributed by atoms with Gasteiger partial charge in [0.1, 0.15) is 17.8 Å². The molecule has 2 saturated heterocycles. The first-order valence-electron chi connectivity index (χ1n) is 16.0. The molecule has 47 heavy (non-hydrogen) atoms. The van der Waals surface area contributed by atoms with E-state index in [1.807, 2.05) is 43.1 Å². The standard InChI is InChI=1S/C35H38N10O2/c1-23-3-4-27(19-38-23)31(37)32-28(36)9-10-29(40-32)45-18-14-35(34(45)47)13-17-43(21-35)20-30(46)44-15-11-25(12-16-44)24-5-7-26(8-6-24)33-39-22-42(2)41-33/h3-11,19,22,37H,12-18,20-21,36H2,1-2H3/t35-/m0/s1. The maximum absolute atomic E-state index is 13.9. The van der Waals surface area contributed by atoms with E-state index in [9.17, 15) is 9.59 Å². The number of likely N-dealkylation sites (tertiary alicyclic amines) is 1. The lowest BCUT2D eigenvalue weighted by atomic mass is 9.85. The molecule has 7 rings (SSSR count). The van der Waals surface area contributed by atoms with Gasteiger partial charge in [-0.1, -0.05) is 30.3 Å². The first-order valence-corrected chi connectivity index (χ1v) is 16.0. The molecule has 1 spiro atoms. The van der Waals surface area contributed by atoms with Gasteiger partial charge in [0.25, 0.3) is 0 Å². The van der Waals surface area contributed by atoms with Gasteiger partial charge in [0.2, 0.25) is 11.8 Å². The summed E-state index contributed by atoms with van der Waals surface area (Å²) in [4.78, 5) is 46.2. The third-order valence-electron chi connectivity index (χ3n) is 9.60. The number of nitrogen functional groups attached to an aromatic ring is 1. The van der Waals surface area contributed by atoms with E-state index in [0.29, 0.717) is 80.7 Å². The molecule has 3 N–H and O–H groups in total. The zero-order valence-corrected chi connectivity index (χ0v) is 26.7. The Hall–Kier alpha value is -5.23. The fourth-order valence-corrected chi connectivity index (χ4v) is 6.83. The first kappa shape index (κ1) is 30.4. The van der Waals surface area contributed by atoms with Gasteiger partial charge in [-0.05, 0) is 68.1 Å². The number of benzene rings is 1. The fraction of sp³-hybridized carbons (Fsp3) is 0.343. The molecular formula is C35H38N10O2. The molecule has 12 nitrogen and oxygen atoms in total. The zero-order valence-electron chi connectivity index (χ0n) is 26.7. The van der Waals surface area contributed by atoms with Crippen molar-refractivity contribution >= 4 is 34.6 Å². The highest BCUT2D eigenvalue weighted by Crippen LogP contribution is 2.42. The monoisotopic (exact) mass is 630 g/mol. The van der Waals surface area contributed by atoms with E-state index in [0.717, 1.165) is 23.2 Å². The van der Waals surface area contributed by atoms with Crippen LogP contribution in [-0.4, -0.2) is 91.3 Å². The average molecular weight is 631 g/mol. The summed E-state index contributed by atoms with van der Waals surface area (Å²) in [6.07, 6.45) is 7.66. The Morgan fingerprint density at radius 3 is 2.49 bits per heavy atom. The number of hydrogen-bond acceptors (Lipinski definition) is 9. The van der Waals surface area contributed by atoms with Crippen LogP contribution in [0.25, 0.3) is 17.0 Å². The Morgan fingerprint density at radius 1 is 1.00 bits per heavy atom. The Bertz CT molecular complexity index is 1880. The lowest BCUT2D eigenvalue weighted by Crippen LogP contribution is -2.43. The molecule has 3 aromatic heterocycles. The van der Waals surface area contributed by atoms with Gasteiger partial charge in [-0.2, -0.15) is 5.10 Å². The normalized spacial score (nSPS) is 19.9. The maximum atomic E-state index is 13.9. The molecule has 12 heteroatoms. The summed E-state index contributed by atoms with van der Waals surface area (Å²) >= 11 is 0. The van der Waals surface area contributed by atoms with E-state index < -0.39 is 5.41 Å². The van der Waals surface area contributed by atoms with Crippen LogP contribution in [-0.2, 0) is 16.6 Å². The lowest BCUT2D eigenvalue weighted by molar-refractivity contribution is -0.132. The third kappa shape index (κ3) is 5.92. The number of carbonyl (C=O) groups is 2. The number of aryl methyl sites for hydroxylation is 2. The molecule has 2 amide bonds. The topological polar surface area (TPSA) is 150 Å². The molecule has 240 valence electrons. The molecule has 3 aliphatic rings. The Labute approximate surface area is 273 Å². The van der Waals surface area contributed by atoms with Crippen LogP contribution in [0.3, 0.4) is 0 Å². The van der Waals surface area contributed by atoms with Crippen LogP contribution in [0, 0.1) is 17.7 Å². The average Bonchev–Trinajstić information content (AvgIpc) is 3.80. The number of anilines is 2. The molecule has 0 saturated carbocycles. The largest absolute Gasteiger partial charge is 0.397 e. The molecule has 1 aromatic carbocycles. The Morgan fingerprint density at radius 2 is 1.79 bits per heavy atom. The number of nitrogens with one attached hydrogen (secondary N) is 1. The summed E-state index contributed by atoms with van der Waals surface area (Å²) in [5, 5.41) is 13.1. The number of rotatable bonds is 7. The van der Waals surface area contributed by atoms with Gasteiger partial charge >= 0.3 is 0 Å². The predicted molar refractivity (Wildman–Crippen MR) is 180 cm³/mol. The lowest BCUT2D eigenvalue weighted by Gasteiger charge is -2.29. The quantitative estimate of drug-likeness (QED) is 0.295. The number of aromatic nitrogens is 5. The third-order valence-corrected chi connectivity index (χ3v) is 9.60. The summed E-state index contributed by atoms with van der Waals surface area (Å²) in [6, 6.07) is 15.4. The van der Waals surface area contributed by atoms with Crippen LogP contribution in [0.15, 0.2) is 67.1 Å². The molecule has 3 aliphatic heterocycles. The Kier molecular flexibility index (Phi) is 7.88. The smallest absolute Gasteiger partial charge is 0.237 e. The molecule has 0 aliphatic carbocycles. The summed E-state index contributed by atoms with van der Waals surface area (Å²) < 4.78 is 1.69. The summed E-state index contributed by atoms with van der Waals surface area (Å²) in [7, 11) is 1.85. The van der Waals surface area contributed by atoms with Crippen molar-refractivity contribution in [3.05, 3.63) is 89.6 Å². The van der Waals surface area contributed by atoms with Gasteiger partial charge in [0.05, 0.1) is 23.4 Å². The maximum Gasteiger partial charge on any atom is 0.237 e. The van der Waals surface area contributed by atoms with Crippen molar-refractivity contribution in [3.8, 4) is 11.4 Å². The van der Waals surface area contributed by atoms with Crippen LogP contribution in [0.4, 0.5) is 11.5 Å². The van der Waals surface area contributed by atoms with Crippen molar-refractivity contribution in [2.75, 3.05) is 49.9 Å². The number of nitrogens with two attached hydrogens (primary N) is 1. The zero-order chi connectivity index (χ0) is 32.7. The minimum atomic E-state index is -0.538. The van der Waals surface area contributed by atoms with Gasteiger partial charge < -0.3 is 10.6 Å². The minimum Gasteiger partial charge on any atom is -0.397 e. The molecule has 6 heterocycles. The molecular weight excluding hydrogens is 592 g/mol. The molecule has 2 fully saturated rings. The summed E-state index contributed by atoms with van der Waals surface area (Å²) in [5.74, 6) is 1.31. The van der Waals surface area contributed by atoms with Gasteiger partial charge in [0, 0.05) is 56.2 Å². The molecule has 0 unspecified atom stereocenters. The van der Waals surface area contributed by atoms with Crippen LogP contribution in [0.5, 0.6) is 0 Å². The van der Waals surface area contributed by atoms with Crippen LogP contribution in [0.2, 0.25) is 0 Å². The SMILES string of the molecule is Cc1ccc(C(=N)c2nc(N3CC[C@]4(CCN(CC(=O)N5CC=C(c6ccc(-c7ncn(C)n7)cc6)CC5)C4)C3=O)ccc2N)cn1. The predicted octanol–water partition coefficient (Wildman–Crippen LogP) is 3.32. The number of pyridine rings is 2. The second-order valence-electron chi connectivity index (χ2n) is 12.8. The van der Waals surface area contributed by atoms with E-state index in [2.05, 4.69) is 43.2 Å². The summed E-state index contributed by atoms with van der Waals surface area (Å²) in [6.45, 7) is 5.21. The van der Waals surface area contributed by atoms with Crippen molar-refractivity contribution < 1.29 is 9.59 Å². The van der Waals surface area contributed by atoms with Gasteiger partial charge in [-0.3, -0.25) is 34.5 Å². The Balaban J connectivity index is 0.958.